The Bertz CT molecular complexity index is 1520. The first-order valence-corrected chi connectivity index (χ1v) is 14.0. The molecule has 208 valence electrons. The van der Waals surface area contributed by atoms with Crippen LogP contribution in [-0.4, -0.2) is 53.4 Å². The van der Waals surface area contributed by atoms with Gasteiger partial charge in [0.2, 0.25) is 5.91 Å². The van der Waals surface area contributed by atoms with E-state index in [1.807, 2.05) is 70.2 Å². The van der Waals surface area contributed by atoms with Crippen molar-refractivity contribution in [3.8, 4) is 11.5 Å². The molecule has 3 heterocycles. The van der Waals surface area contributed by atoms with E-state index in [0.29, 0.717) is 38.7 Å². The highest BCUT2D eigenvalue weighted by atomic mass is 35.5. The third kappa shape index (κ3) is 3.91. The molecule has 0 aromatic heterocycles. The van der Waals surface area contributed by atoms with Gasteiger partial charge in [0.15, 0.2) is 0 Å². The highest BCUT2D eigenvalue weighted by molar-refractivity contribution is 6.31. The van der Waals surface area contributed by atoms with E-state index in [9.17, 15) is 9.59 Å². The molecule has 0 bridgehead atoms. The maximum atomic E-state index is 14.5. The van der Waals surface area contributed by atoms with E-state index in [1.54, 1.807) is 23.0 Å². The van der Waals surface area contributed by atoms with Gasteiger partial charge in [0, 0.05) is 27.7 Å². The van der Waals surface area contributed by atoms with Crippen LogP contribution in [0.25, 0.3) is 0 Å². The average molecular weight is 582 g/mol. The molecule has 8 nitrogen and oxygen atoms in total. The van der Waals surface area contributed by atoms with Crippen LogP contribution in [0.2, 0.25) is 5.02 Å². The molecule has 6 rings (SSSR count). The van der Waals surface area contributed by atoms with Gasteiger partial charge in [-0.1, -0.05) is 48.3 Å². The van der Waals surface area contributed by atoms with E-state index in [1.165, 1.54) is 0 Å². The first-order valence-electron chi connectivity index (χ1n) is 13.3. The summed E-state index contributed by atoms with van der Waals surface area (Å²) in [7, 11) is 1.59. The number of amides is 3. The van der Waals surface area contributed by atoms with E-state index < -0.39 is 17.5 Å². The summed E-state index contributed by atoms with van der Waals surface area (Å²) in [6, 6.07) is 11.6. The minimum absolute atomic E-state index is 0.107. The lowest BCUT2D eigenvalue weighted by Crippen LogP contribution is -2.67. The SMILES string of the molecule is COc1ccc(C2=NC(c3ccc(Cl)cc3)C3N2C(=O)N2CC(=O)NC4=C2C3(C)C(Cl)=CC4C)c(OC(C)C)c1. The standard InChI is InChI=1S/C30H30Cl2N4O4/c1-15(2)40-21-13-19(39-5)10-11-20(21)28-34-25(17-6-8-18(31)9-7-17)27-30(4)22(32)12-16(3)24-26(30)35(14-23(37)33-24)29(38)36(27)28/h6-13,15-16,25,27H,14H2,1-5H3,(H,33,37). The first kappa shape index (κ1) is 26.7. The Balaban J connectivity index is 1.61. The lowest BCUT2D eigenvalue weighted by molar-refractivity contribution is -0.122. The van der Waals surface area contributed by atoms with Crippen molar-refractivity contribution in [1.82, 2.24) is 15.1 Å². The number of amidine groups is 1. The molecule has 0 spiro atoms. The minimum Gasteiger partial charge on any atom is -0.497 e. The number of benzene rings is 2. The van der Waals surface area contributed by atoms with Crippen LogP contribution >= 0.6 is 23.2 Å². The Morgan fingerprint density at radius 3 is 2.52 bits per heavy atom. The summed E-state index contributed by atoms with van der Waals surface area (Å²) in [5, 5.41) is 4.23. The van der Waals surface area contributed by atoms with Crippen LogP contribution in [0.1, 0.15) is 44.9 Å². The summed E-state index contributed by atoms with van der Waals surface area (Å²) < 4.78 is 11.7. The summed E-state index contributed by atoms with van der Waals surface area (Å²) in [5.41, 5.74) is 2.11. The Hall–Kier alpha value is -3.49. The molecule has 40 heavy (non-hydrogen) atoms. The predicted molar refractivity (Wildman–Crippen MR) is 154 cm³/mol. The quantitative estimate of drug-likeness (QED) is 0.480. The molecule has 1 aliphatic carbocycles. The molecular formula is C30H30Cl2N4O4. The number of fused-ring (bicyclic) bond motifs is 2. The van der Waals surface area contributed by atoms with Crippen LogP contribution in [0.4, 0.5) is 4.79 Å². The molecule has 4 atom stereocenters. The van der Waals surface area contributed by atoms with Crippen LogP contribution in [0.3, 0.4) is 0 Å². The number of carbonyl (C=O) groups is 2. The maximum Gasteiger partial charge on any atom is 0.330 e. The van der Waals surface area contributed by atoms with E-state index in [-0.39, 0.29) is 30.5 Å². The van der Waals surface area contributed by atoms with Gasteiger partial charge in [-0.2, -0.15) is 0 Å². The van der Waals surface area contributed by atoms with Crippen molar-refractivity contribution in [3.63, 3.8) is 0 Å². The van der Waals surface area contributed by atoms with Crippen molar-refractivity contribution in [3.05, 3.63) is 81.1 Å². The van der Waals surface area contributed by atoms with E-state index in [2.05, 4.69) is 5.32 Å². The molecule has 0 saturated carbocycles. The predicted octanol–water partition coefficient (Wildman–Crippen LogP) is 5.86. The normalized spacial score (nSPS) is 27.2. The van der Waals surface area contributed by atoms with Gasteiger partial charge in [0.25, 0.3) is 0 Å². The third-order valence-corrected chi connectivity index (χ3v) is 8.81. The van der Waals surface area contributed by atoms with Gasteiger partial charge in [-0.05, 0) is 50.6 Å². The highest BCUT2D eigenvalue weighted by Gasteiger charge is 2.63. The van der Waals surface area contributed by atoms with Crippen molar-refractivity contribution in [2.45, 2.75) is 45.9 Å². The zero-order valence-electron chi connectivity index (χ0n) is 22.9. The highest BCUT2D eigenvalue weighted by Crippen LogP contribution is 2.59. The van der Waals surface area contributed by atoms with Crippen molar-refractivity contribution in [2.75, 3.05) is 13.7 Å². The number of nitrogens with one attached hydrogen (secondary N) is 1. The summed E-state index contributed by atoms with van der Waals surface area (Å²) in [5.74, 6) is 1.20. The number of hydrogen-bond acceptors (Lipinski definition) is 5. The monoisotopic (exact) mass is 580 g/mol. The van der Waals surface area contributed by atoms with Gasteiger partial charge >= 0.3 is 6.03 Å². The number of carbonyl (C=O) groups excluding carboxylic acids is 2. The lowest BCUT2D eigenvalue weighted by Gasteiger charge is -2.55. The van der Waals surface area contributed by atoms with Crippen LogP contribution in [-0.2, 0) is 4.79 Å². The maximum absolute atomic E-state index is 14.5. The van der Waals surface area contributed by atoms with E-state index in [4.69, 9.17) is 37.7 Å². The Morgan fingerprint density at radius 2 is 1.85 bits per heavy atom. The van der Waals surface area contributed by atoms with Gasteiger partial charge < -0.3 is 14.8 Å². The van der Waals surface area contributed by atoms with Crippen LogP contribution < -0.4 is 14.8 Å². The van der Waals surface area contributed by atoms with E-state index in [0.717, 1.165) is 11.3 Å². The lowest BCUT2D eigenvalue weighted by atomic mass is 9.67. The second-order valence-corrected chi connectivity index (χ2v) is 11.8. The molecule has 3 aliphatic heterocycles. The summed E-state index contributed by atoms with van der Waals surface area (Å²) in [6.07, 6.45) is 1.82. The number of urea groups is 1. The zero-order valence-corrected chi connectivity index (χ0v) is 24.4. The molecule has 1 N–H and O–H groups in total. The van der Waals surface area contributed by atoms with Gasteiger partial charge in [-0.25, -0.2) is 4.79 Å². The average Bonchev–Trinajstić information content (AvgIpc) is 3.32. The molecule has 3 amide bonds. The molecular weight excluding hydrogens is 551 g/mol. The largest absolute Gasteiger partial charge is 0.497 e. The number of nitrogens with zero attached hydrogens (tertiary/aromatic N) is 3. The molecule has 4 aliphatic rings. The molecule has 0 radical (unpaired) electrons. The van der Waals surface area contributed by atoms with Crippen molar-refractivity contribution in [2.24, 2.45) is 16.3 Å². The van der Waals surface area contributed by atoms with Crippen molar-refractivity contribution in [1.29, 1.82) is 0 Å². The fraction of sp³-hybridized carbons (Fsp3) is 0.367. The number of hydrogen-bond donors (Lipinski definition) is 1. The number of methoxy groups -OCH3 is 1. The molecule has 4 unspecified atom stereocenters. The number of aliphatic imine (C=N–C) groups is 1. The van der Waals surface area contributed by atoms with Crippen molar-refractivity contribution < 1.29 is 19.1 Å². The topological polar surface area (TPSA) is 83.5 Å². The summed E-state index contributed by atoms with van der Waals surface area (Å²) in [6.45, 7) is 7.76. The van der Waals surface area contributed by atoms with Gasteiger partial charge in [-0.3, -0.25) is 19.6 Å². The number of allylic oxidation sites excluding steroid dienone is 1. The van der Waals surface area contributed by atoms with Crippen LogP contribution in [0, 0.1) is 11.3 Å². The van der Waals surface area contributed by atoms with Gasteiger partial charge in [0.1, 0.15) is 23.9 Å². The Labute approximate surface area is 243 Å². The molecule has 1 saturated heterocycles. The number of rotatable bonds is 5. The molecule has 1 fully saturated rings. The minimum atomic E-state index is -0.855. The fourth-order valence-electron chi connectivity index (χ4n) is 6.27. The van der Waals surface area contributed by atoms with Crippen LogP contribution in [0.15, 0.2) is 70.0 Å². The Kier molecular flexibility index (Phi) is 6.39. The zero-order chi connectivity index (χ0) is 28.5. The molecule has 2 aromatic carbocycles. The third-order valence-electron chi connectivity index (χ3n) is 8.04. The Morgan fingerprint density at radius 1 is 1.12 bits per heavy atom. The summed E-state index contributed by atoms with van der Waals surface area (Å²) >= 11 is 13.4. The fourth-order valence-corrected chi connectivity index (χ4v) is 6.79. The number of ether oxygens (including phenoxy) is 2. The molecule has 2 aromatic rings. The number of halogens is 2. The first-order chi connectivity index (χ1) is 19.0. The van der Waals surface area contributed by atoms with E-state index >= 15 is 0 Å². The van der Waals surface area contributed by atoms with Gasteiger partial charge in [0.05, 0.1) is 42.0 Å². The second-order valence-electron chi connectivity index (χ2n) is 11.0. The van der Waals surface area contributed by atoms with Crippen LogP contribution in [0.5, 0.6) is 11.5 Å². The smallest absolute Gasteiger partial charge is 0.330 e. The van der Waals surface area contributed by atoms with Crippen molar-refractivity contribution >= 4 is 41.0 Å². The summed E-state index contributed by atoms with van der Waals surface area (Å²) in [4.78, 5) is 35.7. The molecule has 10 heteroatoms. The van der Waals surface area contributed by atoms with Gasteiger partial charge in [-0.15, -0.1) is 0 Å². The second kappa shape index (κ2) is 9.56.